The Balaban J connectivity index is 3.16. The van der Waals surface area contributed by atoms with Crippen LogP contribution >= 0.6 is 22.6 Å². The fraction of sp³-hybridized carbons (Fsp3) is 0.400. The van der Waals surface area contributed by atoms with Crippen molar-refractivity contribution < 1.29 is 18.3 Å². The average Bonchev–Trinajstić information content (AvgIpc) is 2.21. The maximum atomic E-state index is 12.5. The fourth-order valence-corrected chi connectivity index (χ4v) is 1.83. The number of rotatable bonds is 3. The summed E-state index contributed by atoms with van der Waals surface area (Å²) in [5.41, 5.74) is 0.408. The number of nitrogens with zero attached hydrogens (tertiary/aromatic N) is 1. The van der Waals surface area contributed by atoms with Gasteiger partial charge in [0.25, 0.3) is 6.43 Å². The first-order valence-corrected chi connectivity index (χ1v) is 5.67. The summed E-state index contributed by atoms with van der Waals surface area (Å²) in [6, 6.07) is 0. The Hall–Kier alpha value is -0.790. The van der Waals surface area contributed by atoms with E-state index in [9.17, 15) is 13.6 Å². The molecule has 0 N–H and O–H groups in total. The number of pyridine rings is 1. The number of ether oxygens (including phenoxy) is 1. The molecule has 1 rings (SSSR count). The lowest BCUT2D eigenvalue weighted by molar-refractivity contribution is 0.0524. The molecule has 0 saturated heterocycles. The van der Waals surface area contributed by atoms with E-state index in [1.807, 2.05) is 0 Å². The number of carbonyl (C=O) groups is 1. The Kier molecular flexibility index (Phi) is 4.57. The molecule has 0 atom stereocenters. The van der Waals surface area contributed by atoms with Crippen molar-refractivity contribution in [2.45, 2.75) is 20.3 Å². The van der Waals surface area contributed by atoms with E-state index in [0.29, 0.717) is 9.13 Å². The number of carbonyl (C=O) groups excluding carboxylic acids is 1. The van der Waals surface area contributed by atoms with Crippen LogP contribution in [0.4, 0.5) is 8.78 Å². The normalized spacial score (nSPS) is 10.6. The summed E-state index contributed by atoms with van der Waals surface area (Å²) in [6.45, 7) is 3.52. The molecule has 0 spiro atoms. The van der Waals surface area contributed by atoms with Gasteiger partial charge in [-0.1, -0.05) is 0 Å². The van der Waals surface area contributed by atoms with Gasteiger partial charge in [-0.3, -0.25) is 4.98 Å². The van der Waals surface area contributed by atoms with E-state index in [4.69, 9.17) is 4.74 Å². The molecule has 1 aromatic rings. The van der Waals surface area contributed by atoms with Gasteiger partial charge < -0.3 is 4.74 Å². The molecular weight excluding hydrogens is 331 g/mol. The van der Waals surface area contributed by atoms with Gasteiger partial charge in [0.1, 0.15) is 5.69 Å². The lowest BCUT2D eigenvalue weighted by Gasteiger charge is -2.09. The molecule has 0 aliphatic carbocycles. The molecule has 3 nitrogen and oxygen atoms in total. The number of alkyl halides is 2. The molecule has 16 heavy (non-hydrogen) atoms. The summed E-state index contributed by atoms with van der Waals surface area (Å²) in [4.78, 5) is 15.0. The molecule has 0 bridgehead atoms. The largest absolute Gasteiger partial charge is 0.462 e. The molecule has 0 aliphatic rings. The highest BCUT2D eigenvalue weighted by Gasteiger charge is 2.20. The van der Waals surface area contributed by atoms with Crippen LogP contribution in [-0.2, 0) is 4.74 Å². The van der Waals surface area contributed by atoms with Crippen molar-refractivity contribution in [2.75, 3.05) is 6.61 Å². The molecule has 88 valence electrons. The number of esters is 1. The first kappa shape index (κ1) is 13.3. The van der Waals surface area contributed by atoms with Gasteiger partial charge in [0, 0.05) is 9.77 Å². The van der Waals surface area contributed by atoms with Crippen LogP contribution in [0, 0.1) is 10.5 Å². The van der Waals surface area contributed by atoms with E-state index >= 15 is 0 Å². The van der Waals surface area contributed by atoms with E-state index in [0.717, 1.165) is 6.20 Å². The SMILES string of the molecule is CCOC(=O)c1cnc(C(F)F)c(I)c1C. The first-order valence-electron chi connectivity index (χ1n) is 4.59. The molecule has 0 saturated carbocycles. The Bertz CT molecular complexity index is 410. The Morgan fingerprint density at radius 2 is 2.25 bits per heavy atom. The van der Waals surface area contributed by atoms with Crippen molar-refractivity contribution in [1.29, 1.82) is 0 Å². The summed E-state index contributed by atoms with van der Waals surface area (Å²) < 4.78 is 30.1. The summed E-state index contributed by atoms with van der Waals surface area (Å²) >= 11 is 1.76. The summed E-state index contributed by atoms with van der Waals surface area (Å²) in [5.74, 6) is -0.536. The number of hydrogen-bond donors (Lipinski definition) is 0. The number of hydrogen-bond acceptors (Lipinski definition) is 3. The van der Waals surface area contributed by atoms with E-state index in [2.05, 4.69) is 4.98 Å². The molecular formula is C10H10F2INO2. The quantitative estimate of drug-likeness (QED) is 0.627. The Labute approximate surface area is 105 Å². The number of aromatic nitrogens is 1. The zero-order chi connectivity index (χ0) is 12.3. The standard InChI is InChI=1S/C10H10F2INO2/c1-3-16-10(15)6-4-14-8(9(11)12)7(13)5(6)2/h4,9H,3H2,1-2H3. The zero-order valence-electron chi connectivity index (χ0n) is 8.76. The Morgan fingerprint density at radius 1 is 1.62 bits per heavy atom. The van der Waals surface area contributed by atoms with Gasteiger partial charge in [0.15, 0.2) is 0 Å². The van der Waals surface area contributed by atoms with Crippen molar-refractivity contribution in [3.05, 3.63) is 26.6 Å². The predicted octanol–water partition coefficient (Wildman–Crippen LogP) is 3.11. The lowest BCUT2D eigenvalue weighted by atomic mass is 10.1. The molecule has 0 amide bonds. The molecule has 1 heterocycles. The second-order valence-electron chi connectivity index (χ2n) is 3.02. The van der Waals surface area contributed by atoms with Crippen LogP contribution in [0.15, 0.2) is 6.20 Å². The minimum absolute atomic E-state index is 0.232. The second-order valence-corrected chi connectivity index (χ2v) is 4.10. The van der Waals surface area contributed by atoms with Gasteiger partial charge in [-0.2, -0.15) is 0 Å². The van der Waals surface area contributed by atoms with Crippen molar-refractivity contribution >= 4 is 28.6 Å². The van der Waals surface area contributed by atoms with E-state index in [1.54, 1.807) is 36.4 Å². The third kappa shape index (κ3) is 2.66. The molecule has 0 aromatic carbocycles. The summed E-state index contributed by atoms with van der Waals surface area (Å²) in [6.07, 6.45) is -1.50. The first-order chi connectivity index (χ1) is 7.49. The van der Waals surface area contributed by atoms with Crippen molar-refractivity contribution in [2.24, 2.45) is 0 Å². The maximum Gasteiger partial charge on any atom is 0.339 e. The van der Waals surface area contributed by atoms with E-state index in [1.165, 1.54) is 0 Å². The minimum atomic E-state index is -2.64. The smallest absolute Gasteiger partial charge is 0.339 e. The summed E-state index contributed by atoms with van der Waals surface area (Å²) in [5, 5.41) is 0. The third-order valence-corrected chi connectivity index (χ3v) is 3.35. The van der Waals surface area contributed by atoms with Gasteiger partial charge in [0.05, 0.1) is 12.2 Å². The van der Waals surface area contributed by atoms with Gasteiger partial charge in [0.2, 0.25) is 0 Å². The summed E-state index contributed by atoms with van der Waals surface area (Å²) in [7, 11) is 0. The van der Waals surface area contributed by atoms with Crippen molar-refractivity contribution in [1.82, 2.24) is 4.98 Å². The molecule has 0 aliphatic heterocycles. The van der Waals surface area contributed by atoms with Crippen LogP contribution in [0.1, 0.15) is 35.0 Å². The van der Waals surface area contributed by atoms with Crippen LogP contribution in [0.2, 0.25) is 0 Å². The van der Waals surface area contributed by atoms with Crippen molar-refractivity contribution in [3.63, 3.8) is 0 Å². The zero-order valence-corrected chi connectivity index (χ0v) is 10.9. The van der Waals surface area contributed by atoms with E-state index in [-0.39, 0.29) is 17.9 Å². The highest BCUT2D eigenvalue weighted by molar-refractivity contribution is 14.1. The molecule has 6 heteroatoms. The van der Waals surface area contributed by atoms with Gasteiger partial charge >= 0.3 is 5.97 Å². The van der Waals surface area contributed by atoms with Crippen LogP contribution in [0.25, 0.3) is 0 Å². The van der Waals surface area contributed by atoms with Gasteiger partial charge in [-0.15, -0.1) is 0 Å². The van der Waals surface area contributed by atoms with Gasteiger partial charge in [-0.25, -0.2) is 13.6 Å². The van der Waals surface area contributed by atoms with Crippen LogP contribution in [0.3, 0.4) is 0 Å². The number of halogens is 3. The Morgan fingerprint density at radius 3 is 2.75 bits per heavy atom. The monoisotopic (exact) mass is 341 g/mol. The molecule has 0 fully saturated rings. The molecule has 0 unspecified atom stereocenters. The highest BCUT2D eigenvalue weighted by atomic mass is 127. The molecule has 0 radical (unpaired) electrons. The minimum Gasteiger partial charge on any atom is -0.462 e. The molecule has 1 aromatic heterocycles. The van der Waals surface area contributed by atoms with Gasteiger partial charge in [-0.05, 0) is 42.0 Å². The highest BCUT2D eigenvalue weighted by Crippen LogP contribution is 2.26. The van der Waals surface area contributed by atoms with Crippen LogP contribution in [-0.4, -0.2) is 17.6 Å². The van der Waals surface area contributed by atoms with Crippen LogP contribution in [0.5, 0.6) is 0 Å². The topological polar surface area (TPSA) is 39.2 Å². The van der Waals surface area contributed by atoms with Crippen LogP contribution < -0.4 is 0 Å². The lowest BCUT2D eigenvalue weighted by Crippen LogP contribution is -2.10. The third-order valence-electron chi connectivity index (χ3n) is 1.99. The van der Waals surface area contributed by atoms with E-state index < -0.39 is 12.4 Å². The second kappa shape index (κ2) is 5.51. The van der Waals surface area contributed by atoms with Crippen molar-refractivity contribution in [3.8, 4) is 0 Å². The average molecular weight is 341 g/mol. The predicted molar refractivity (Wildman–Crippen MR) is 62.6 cm³/mol. The maximum absolute atomic E-state index is 12.5. The fourth-order valence-electron chi connectivity index (χ4n) is 1.16.